The molecule has 0 atom stereocenters. The Hall–Kier alpha value is -2.58. The maximum Gasteiger partial charge on any atom is 0.270 e. The van der Waals surface area contributed by atoms with Gasteiger partial charge in [-0.25, -0.2) is 4.98 Å². The number of hydrogen-bond donors (Lipinski definition) is 1. The number of aromatic nitrogens is 4. The first kappa shape index (κ1) is 17.8. The molecule has 0 aliphatic carbocycles. The van der Waals surface area contributed by atoms with E-state index in [1.807, 2.05) is 37.0 Å². The summed E-state index contributed by atoms with van der Waals surface area (Å²) < 4.78 is 1.73. The first-order valence-corrected chi connectivity index (χ1v) is 9.93. The zero-order valence-electron chi connectivity index (χ0n) is 15.2. The minimum absolute atomic E-state index is 0.0930. The van der Waals surface area contributed by atoms with Gasteiger partial charge >= 0.3 is 0 Å². The summed E-state index contributed by atoms with van der Waals surface area (Å²) in [6.45, 7) is 2.78. The summed E-state index contributed by atoms with van der Waals surface area (Å²) in [5.41, 5.74) is 2.50. The second kappa shape index (κ2) is 7.98. The van der Waals surface area contributed by atoms with Crippen LogP contribution in [-0.4, -0.2) is 49.7 Å². The van der Waals surface area contributed by atoms with Crippen LogP contribution >= 0.6 is 11.3 Å². The molecule has 7 nitrogen and oxygen atoms in total. The van der Waals surface area contributed by atoms with E-state index in [2.05, 4.69) is 31.3 Å². The van der Waals surface area contributed by atoms with Crippen molar-refractivity contribution in [3.8, 4) is 10.6 Å². The van der Waals surface area contributed by atoms with Crippen molar-refractivity contribution in [3.05, 3.63) is 53.6 Å². The van der Waals surface area contributed by atoms with Gasteiger partial charge in [-0.05, 0) is 25.0 Å². The van der Waals surface area contributed by atoms with Gasteiger partial charge in [-0.3, -0.25) is 19.4 Å². The highest BCUT2D eigenvalue weighted by molar-refractivity contribution is 7.13. The molecule has 1 amide bonds. The van der Waals surface area contributed by atoms with E-state index >= 15 is 0 Å². The third-order valence-electron chi connectivity index (χ3n) is 4.72. The highest BCUT2D eigenvalue weighted by Gasteiger charge is 2.22. The summed E-state index contributed by atoms with van der Waals surface area (Å²) in [7, 11) is 1.87. The Morgan fingerprint density at radius 2 is 2.19 bits per heavy atom. The number of nitrogens with one attached hydrogen (secondary N) is 1. The number of aryl methyl sites for hydroxylation is 1. The van der Waals surface area contributed by atoms with Crippen molar-refractivity contribution in [1.82, 2.24) is 30.0 Å². The molecule has 4 rings (SSSR count). The number of thiazole rings is 1. The van der Waals surface area contributed by atoms with Crippen LogP contribution in [0.25, 0.3) is 10.6 Å². The molecular weight excluding hydrogens is 360 g/mol. The lowest BCUT2D eigenvalue weighted by atomic mass is 10.0. The lowest BCUT2D eigenvalue weighted by Gasteiger charge is -2.31. The molecular formula is C19H22N6OS. The minimum Gasteiger partial charge on any atom is -0.348 e. The molecule has 1 aliphatic heterocycles. The Kier molecular flexibility index (Phi) is 5.26. The van der Waals surface area contributed by atoms with Crippen LogP contribution < -0.4 is 5.32 Å². The van der Waals surface area contributed by atoms with E-state index < -0.39 is 0 Å². The first-order chi connectivity index (χ1) is 13.2. The van der Waals surface area contributed by atoms with E-state index in [0.29, 0.717) is 5.69 Å². The first-order valence-electron chi connectivity index (χ1n) is 9.05. The molecule has 0 saturated carbocycles. The van der Waals surface area contributed by atoms with Crippen LogP contribution in [0.1, 0.15) is 29.0 Å². The molecule has 1 N–H and O–H groups in total. The summed E-state index contributed by atoms with van der Waals surface area (Å²) in [6.07, 6.45) is 7.38. The minimum atomic E-state index is -0.0930. The summed E-state index contributed by atoms with van der Waals surface area (Å²) in [5, 5.41) is 9.91. The second-order valence-electron chi connectivity index (χ2n) is 6.79. The fraction of sp³-hybridized carbons (Fsp3) is 0.368. The van der Waals surface area contributed by atoms with Gasteiger partial charge < -0.3 is 5.32 Å². The molecule has 0 unspecified atom stereocenters. The van der Waals surface area contributed by atoms with Gasteiger partial charge in [-0.15, -0.1) is 11.3 Å². The van der Waals surface area contributed by atoms with Crippen LogP contribution in [0.15, 0.2) is 42.2 Å². The number of pyridine rings is 1. The number of rotatable bonds is 5. The molecule has 1 fully saturated rings. The van der Waals surface area contributed by atoms with Crippen molar-refractivity contribution in [2.75, 3.05) is 13.1 Å². The Morgan fingerprint density at radius 3 is 2.89 bits per heavy atom. The summed E-state index contributed by atoms with van der Waals surface area (Å²) >= 11 is 1.47. The van der Waals surface area contributed by atoms with Gasteiger partial charge in [0.2, 0.25) is 0 Å². The fourth-order valence-electron chi connectivity index (χ4n) is 3.26. The Morgan fingerprint density at radius 1 is 1.33 bits per heavy atom. The van der Waals surface area contributed by atoms with E-state index in [-0.39, 0.29) is 11.9 Å². The SMILES string of the molecule is Cn1cc(-c2nc(C(=O)NC3CCN(Cc4ccccn4)CC3)cs2)cn1. The van der Waals surface area contributed by atoms with Crippen molar-refractivity contribution in [3.63, 3.8) is 0 Å². The molecule has 1 aliphatic rings. The van der Waals surface area contributed by atoms with Gasteiger partial charge in [0, 0.05) is 56.1 Å². The Bertz CT molecular complexity index is 898. The fourth-order valence-corrected chi connectivity index (χ4v) is 4.03. The van der Waals surface area contributed by atoms with Gasteiger partial charge in [-0.1, -0.05) is 6.07 Å². The summed E-state index contributed by atoms with van der Waals surface area (Å²) in [5.74, 6) is -0.0930. The van der Waals surface area contributed by atoms with Crippen molar-refractivity contribution < 1.29 is 4.79 Å². The van der Waals surface area contributed by atoms with Gasteiger partial charge in [-0.2, -0.15) is 5.10 Å². The van der Waals surface area contributed by atoms with Crippen LogP contribution in [0, 0.1) is 0 Å². The highest BCUT2D eigenvalue weighted by Crippen LogP contribution is 2.23. The molecule has 4 heterocycles. The van der Waals surface area contributed by atoms with Crippen molar-refractivity contribution in [1.29, 1.82) is 0 Å². The Balaban J connectivity index is 1.29. The lowest BCUT2D eigenvalue weighted by Crippen LogP contribution is -2.44. The molecule has 1 saturated heterocycles. The smallest absolute Gasteiger partial charge is 0.270 e. The third-order valence-corrected chi connectivity index (χ3v) is 5.61. The number of carbonyl (C=O) groups excluding carboxylic acids is 1. The van der Waals surface area contributed by atoms with Crippen molar-refractivity contribution in [2.45, 2.75) is 25.4 Å². The molecule has 3 aromatic heterocycles. The standard InChI is InChI=1S/C19H22N6OS/c1-24-11-14(10-21-24)19-23-17(13-27-19)18(26)22-15-5-8-25(9-6-15)12-16-4-2-3-7-20-16/h2-4,7,10-11,13,15H,5-6,8-9,12H2,1H3,(H,22,26). The van der Waals surface area contributed by atoms with Crippen LogP contribution in [0.3, 0.4) is 0 Å². The van der Waals surface area contributed by atoms with E-state index in [1.165, 1.54) is 11.3 Å². The van der Waals surface area contributed by atoms with Crippen molar-refractivity contribution >= 4 is 17.2 Å². The zero-order valence-corrected chi connectivity index (χ0v) is 16.0. The molecule has 140 valence electrons. The number of piperidine rings is 1. The quantitative estimate of drug-likeness (QED) is 0.733. The molecule has 0 bridgehead atoms. The predicted octanol–water partition coefficient (Wildman–Crippen LogP) is 2.33. The molecule has 0 radical (unpaired) electrons. The van der Waals surface area contributed by atoms with E-state index in [1.54, 1.807) is 10.9 Å². The summed E-state index contributed by atoms with van der Waals surface area (Å²) in [6, 6.07) is 6.20. The largest absolute Gasteiger partial charge is 0.348 e. The normalized spacial score (nSPS) is 15.7. The number of nitrogens with zero attached hydrogens (tertiary/aromatic N) is 5. The molecule has 0 spiro atoms. The van der Waals surface area contributed by atoms with E-state index in [9.17, 15) is 4.79 Å². The molecule has 0 aromatic carbocycles. The lowest BCUT2D eigenvalue weighted by molar-refractivity contribution is 0.0904. The summed E-state index contributed by atoms with van der Waals surface area (Å²) in [4.78, 5) is 23.8. The topological polar surface area (TPSA) is 75.9 Å². The average molecular weight is 382 g/mol. The van der Waals surface area contributed by atoms with E-state index in [0.717, 1.165) is 48.7 Å². The number of likely N-dealkylation sites (tertiary alicyclic amines) is 1. The number of amides is 1. The predicted molar refractivity (Wildman–Crippen MR) is 104 cm³/mol. The van der Waals surface area contributed by atoms with Crippen LogP contribution in [-0.2, 0) is 13.6 Å². The van der Waals surface area contributed by atoms with Crippen LogP contribution in [0.4, 0.5) is 0 Å². The maximum atomic E-state index is 12.5. The number of carbonyl (C=O) groups is 1. The van der Waals surface area contributed by atoms with Gasteiger partial charge in [0.15, 0.2) is 0 Å². The van der Waals surface area contributed by atoms with Gasteiger partial charge in [0.1, 0.15) is 10.7 Å². The number of hydrogen-bond acceptors (Lipinski definition) is 6. The third kappa shape index (κ3) is 4.40. The second-order valence-corrected chi connectivity index (χ2v) is 7.64. The zero-order chi connectivity index (χ0) is 18.6. The van der Waals surface area contributed by atoms with Crippen LogP contribution in [0.5, 0.6) is 0 Å². The van der Waals surface area contributed by atoms with Gasteiger partial charge in [0.25, 0.3) is 5.91 Å². The molecule has 3 aromatic rings. The monoisotopic (exact) mass is 382 g/mol. The van der Waals surface area contributed by atoms with Gasteiger partial charge in [0.05, 0.1) is 11.9 Å². The van der Waals surface area contributed by atoms with Crippen LogP contribution in [0.2, 0.25) is 0 Å². The average Bonchev–Trinajstić information content (AvgIpc) is 3.33. The molecule has 27 heavy (non-hydrogen) atoms. The Labute approximate surface area is 162 Å². The van der Waals surface area contributed by atoms with E-state index in [4.69, 9.17) is 0 Å². The highest BCUT2D eigenvalue weighted by atomic mass is 32.1. The maximum absolute atomic E-state index is 12.5. The van der Waals surface area contributed by atoms with Crippen molar-refractivity contribution in [2.24, 2.45) is 7.05 Å². The molecule has 8 heteroatoms.